The van der Waals surface area contributed by atoms with Crippen LogP contribution in [0.1, 0.15) is 62.1 Å². The molecule has 0 spiro atoms. The molecule has 7 nitrogen and oxygen atoms in total. The predicted octanol–water partition coefficient (Wildman–Crippen LogP) is 4.53. The Kier molecular flexibility index (Phi) is 6.56. The first kappa shape index (κ1) is 25.4. The molecule has 0 saturated heterocycles. The van der Waals surface area contributed by atoms with Gasteiger partial charge in [-0.25, -0.2) is 21.2 Å². The number of carbonyl (C=O) groups excluding carboxylic acids is 1. The van der Waals surface area contributed by atoms with Crippen molar-refractivity contribution in [1.82, 2.24) is 4.57 Å². The Bertz CT molecular complexity index is 1520. The molecule has 1 heterocycles. The number of nitrogens with zero attached hydrogens (tertiary/aromatic N) is 1. The zero-order chi connectivity index (χ0) is 25.7. The Labute approximate surface area is 204 Å². The van der Waals surface area contributed by atoms with E-state index in [-0.39, 0.29) is 22.2 Å². The molecule has 1 unspecified atom stereocenters. The molecule has 1 aromatic heterocycles. The van der Waals surface area contributed by atoms with Crippen LogP contribution in [0.25, 0.3) is 10.9 Å². The van der Waals surface area contributed by atoms with E-state index < -0.39 is 37.6 Å². The standard InChI is InChI=1S/C25H28FNO6S2/c1-5-23(28)33-21-8-6-7-19-20-13-17(26)14-22(35(4,31)32)25(20)27(24(19)21)15(2)16-9-11-18(12-10-16)34(3,29)30/h9-15,21H,5-8H2,1-4H3/t15?,21-/m1/s1. The zero-order valence-corrected chi connectivity index (χ0v) is 21.7. The van der Waals surface area contributed by atoms with Crippen LogP contribution in [0, 0.1) is 5.82 Å². The van der Waals surface area contributed by atoms with Crippen molar-refractivity contribution in [3.63, 3.8) is 0 Å². The van der Waals surface area contributed by atoms with Gasteiger partial charge in [-0.05, 0) is 61.6 Å². The number of ether oxygens (including phenoxy) is 1. The predicted molar refractivity (Wildman–Crippen MR) is 130 cm³/mol. The maximum atomic E-state index is 14.6. The number of esters is 1. The molecule has 3 aromatic rings. The van der Waals surface area contributed by atoms with Crippen LogP contribution in [0.4, 0.5) is 4.39 Å². The molecule has 0 fully saturated rings. The van der Waals surface area contributed by atoms with Crippen LogP contribution in [0.2, 0.25) is 0 Å². The van der Waals surface area contributed by atoms with E-state index >= 15 is 0 Å². The van der Waals surface area contributed by atoms with Crippen LogP contribution in [0.3, 0.4) is 0 Å². The molecule has 1 aliphatic rings. The lowest BCUT2D eigenvalue weighted by molar-refractivity contribution is -0.150. The van der Waals surface area contributed by atoms with Crippen LogP contribution in [-0.2, 0) is 35.6 Å². The maximum absolute atomic E-state index is 14.6. The number of hydrogen-bond acceptors (Lipinski definition) is 6. The van der Waals surface area contributed by atoms with Gasteiger partial charge in [0.2, 0.25) is 0 Å². The minimum Gasteiger partial charge on any atom is -0.456 e. The van der Waals surface area contributed by atoms with Gasteiger partial charge < -0.3 is 9.30 Å². The van der Waals surface area contributed by atoms with Gasteiger partial charge in [-0.3, -0.25) is 4.79 Å². The third-order valence-corrected chi connectivity index (χ3v) is 8.75. The van der Waals surface area contributed by atoms with Crippen molar-refractivity contribution < 1.29 is 30.8 Å². The Hall–Kier alpha value is -2.72. The van der Waals surface area contributed by atoms with Gasteiger partial charge >= 0.3 is 5.97 Å². The van der Waals surface area contributed by atoms with E-state index in [1.807, 2.05) is 11.5 Å². The number of hydrogen-bond donors (Lipinski definition) is 0. The molecule has 2 atom stereocenters. The summed E-state index contributed by atoms with van der Waals surface area (Å²) in [6.07, 6.45) is 3.61. The number of halogens is 1. The van der Waals surface area contributed by atoms with Gasteiger partial charge in [-0.1, -0.05) is 19.1 Å². The zero-order valence-electron chi connectivity index (χ0n) is 20.0. The number of carbonyl (C=O) groups is 1. The first-order valence-electron chi connectivity index (χ1n) is 11.4. The number of rotatable bonds is 6. The molecule has 0 radical (unpaired) electrons. The Balaban J connectivity index is 2.04. The highest BCUT2D eigenvalue weighted by Gasteiger charge is 2.34. The number of aromatic nitrogens is 1. The molecule has 0 aliphatic heterocycles. The Morgan fingerprint density at radius 1 is 1.11 bits per heavy atom. The fraction of sp³-hybridized carbons (Fsp3) is 0.400. The number of fused-ring (bicyclic) bond motifs is 3. The minimum atomic E-state index is -3.81. The summed E-state index contributed by atoms with van der Waals surface area (Å²) in [7, 11) is -7.20. The molecule has 0 amide bonds. The lowest BCUT2D eigenvalue weighted by Gasteiger charge is -2.28. The van der Waals surface area contributed by atoms with Gasteiger partial charge in [0, 0.05) is 24.3 Å². The van der Waals surface area contributed by atoms with Gasteiger partial charge in [0.05, 0.1) is 27.0 Å². The summed E-state index contributed by atoms with van der Waals surface area (Å²) in [5, 5.41) is 0.484. The molecular weight excluding hydrogens is 493 g/mol. The molecule has 4 rings (SSSR count). The van der Waals surface area contributed by atoms with Gasteiger partial charge in [-0.15, -0.1) is 0 Å². The molecule has 2 aromatic carbocycles. The van der Waals surface area contributed by atoms with Crippen LogP contribution in [0.5, 0.6) is 0 Å². The Morgan fingerprint density at radius 2 is 1.77 bits per heavy atom. The van der Waals surface area contributed by atoms with Crippen LogP contribution in [0.15, 0.2) is 46.2 Å². The van der Waals surface area contributed by atoms with Crippen molar-refractivity contribution in [2.24, 2.45) is 0 Å². The maximum Gasteiger partial charge on any atom is 0.306 e. The smallest absolute Gasteiger partial charge is 0.306 e. The third-order valence-electron chi connectivity index (χ3n) is 6.51. The lowest BCUT2D eigenvalue weighted by atomic mass is 9.93. The van der Waals surface area contributed by atoms with Crippen molar-refractivity contribution >= 4 is 36.5 Å². The second-order valence-electron chi connectivity index (χ2n) is 9.05. The molecule has 0 N–H and O–H groups in total. The first-order valence-corrected chi connectivity index (χ1v) is 15.2. The van der Waals surface area contributed by atoms with Gasteiger partial charge in [0.1, 0.15) is 11.9 Å². The minimum absolute atomic E-state index is 0.137. The van der Waals surface area contributed by atoms with Gasteiger partial charge in [-0.2, -0.15) is 0 Å². The number of sulfone groups is 2. The molecule has 1 aliphatic carbocycles. The van der Waals surface area contributed by atoms with Crippen molar-refractivity contribution in [2.45, 2.75) is 61.5 Å². The number of aryl methyl sites for hydroxylation is 1. The summed E-state index contributed by atoms with van der Waals surface area (Å²) >= 11 is 0. The largest absolute Gasteiger partial charge is 0.456 e. The van der Waals surface area contributed by atoms with Gasteiger partial charge in [0.25, 0.3) is 0 Å². The molecule has 0 saturated carbocycles. The second kappa shape index (κ2) is 9.05. The average molecular weight is 522 g/mol. The normalized spacial score (nSPS) is 17.2. The average Bonchev–Trinajstić information content (AvgIpc) is 3.12. The lowest BCUT2D eigenvalue weighted by Crippen LogP contribution is -2.21. The summed E-state index contributed by atoms with van der Waals surface area (Å²) in [6.45, 7) is 3.56. The molecule has 0 bridgehead atoms. The summed E-state index contributed by atoms with van der Waals surface area (Å²) in [5.74, 6) is -1.03. The highest BCUT2D eigenvalue weighted by Crippen LogP contribution is 2.44. The molecule has 35 heavy (non-hydrogen) atoms. The summed E-state index contributed by atoms with van der Waals surface area (Å²) in [6, 6.07) is 8.27. The fourth-order valence-corrected chi connectivity index (χ4v) is 6.37. The number of benzene rings is 2. The quantitative estimate of drug-likeness (QED) is 0.442. The summed E-state index contributed by atoms with van der Waals surface area (Å²) in [4.78, 5) is 12.3. The third kappa shape index (κ3) is 4.73. The molecular formula is C25H28FNO6S2. The van der Waals surface area contributed by atoms with Crippen molar-refractivity contribution in [1.29, 1.82) is 0 Å². The molecule has 188 valence electrons. The van der Waals surface area contributed by atoms with Crippen LogP contribution < -0.4 is 0 Å². The van der Waals surface area contributed by atoms with E-state index in [0.717, 1.165) is 29.7 Å². The second-order valence-corrected chi connectivity index (χ2v) is 13.0. The van der Waals surface area contributed by atoms with Crippen LogP contribution in [-0.4, -0.2) is 39.9 Å². The van der Waals surface area contributed by atoms with E-state index in [9.17, 15) is 26.0 Å². The summed E-state index contributed by atoms with van der Waals surface area (Å²) in [5.41, 5.74) is 2.51. The monoisotopic (exact) mass is 521 g/mol. The van der Waals surface area contributed by atoms with E-state index in [4.69, 9.17) is 4.74 Å². The fourth-order valence-electron chi connectivity index (χ4n) is 4.85. The highest BCUT2D eigenvalue weighted by atomic mass is 32.2. The Morgan fingerprint density at radius 3 is 2.34 bits per heavy atom. The summed E-state index contributed by atoms with van der Waals surface area (Å²) < 4.78 is 71.5. The molecule has 10 heteroatoms. The van der Waals surface area contributed by atoms with Crippen LogP contribution >= 0.6 is 0 Å². The van der Waals surface area contributed by atoms with Crippen molar-refractivity contribution in [3.8, 4) is 0 Å². The van der Waals surface area contributed by atoms with Gasteiger partial charge in [0.15, 0.2) is 19.7 Å². The van der Waals surface area contributed by atoms with E-state index in [1.165, 1.54) is 18.2 Å². The van der Waals surface area contributed by atoms with E-state index in [2.05, 4.69) is 0 Å². The van der Waals surface area contributed by atoms with E-state index in [0.29, 0.717) is 35.9 Å². The van der Waals surface area contributed by atoms with E-state index in [1.54, 1.807) is 19.1 Å². The first-order chi connectivity index (χ1) is 16.3. The SMILES string of the molecule is CCC(=O)O[C@@H]1CCCc2c1n(C(C)c1ccc(S(C)(=O)=O)cc1)c1c(S(C)(=O)=O)cc(F)cc21. The van der Waals surface area contributed by atoms with Crippen molar-refractivity contribution in [2.75, 3.05) is 12.5 Å². The van der Waals surface area contributed by atoms with Crippen molar-refractivity contribution in [3.05, 3.63) is 59.0 Å². The highest BCUT2D eigenvalue weighted by molar-refractivity contribution is 7.91. The topological polar surface area (TPSA) is 99.5 Å².